The van der Waals surface area contributed by atoms with Gasteiger partial charge in [-0.2, -0.15) is 0 Å². The molecule has 1 aromatic rings. The molecule has 1 atom stereocenters. The quantitative estimate of drug-likeness (QED) is 0.764. The highest BCUT2D eigenvalue weighted by molar-refractivity contribution is 7.80. The molecule has 0 spiro atoms. The number of nitrogens with zero attached hydrogens (tertiary/aromatic N) is 3. The molecular formula is C12H19N5O2S. The summed E-state index contributed by atoms with van der Waals surface area (Å²) in [5.41, 5.74) is 4.99. The first kappa shape index (κ1) is 14.9. The smallest absolute Gasteiger partial charge is 0.233 e. The minimum atomic E-state index is -0.819. The number of thiocarbonyl (C=S) groups is 1. The van der Waals surface area contributed by atoms with E-state index in [4.69, 9.17) is 22.7 Å². The normalized spacial score (nSPS) is 19.3. The van der Waals surface area contributed by atoms with E-state index in [2.05, 4.69) is 15.5 Å². The standard InChI is InChI=1S/C12H19N5O2S/c1-8(9-16-14-7-17(9)2)15-11(18)12(10(13)20)3-5-19-6-4-12/h7-8H,3-6H2,1-2H3,(H2,13,20)(H,15,18). The van der Waals surface area contributed by atoms with Gasteiger partial charge in [-0.15, -0.1) is 10.2 Å². The van der Waals surface area contributed by atoms with Gasteiger partial charge in [-0.1, -0.05) is 12.2 Å². The molecule has 1 fully saturated rings. The summed E-state index contributed by atoms with van der Waals surface area (Å²) < 4.78 is 7.07. The highest BCUT2D eigenvalue weighted by atomic mass is 32.1. The summed E-state index contributed by atoms with van der Waals surface area (Å²) in [6, 6.07) is -0.260. The van der Waals surface area contributed by atoms with Crippen LogP contribution in [0.1, 0.15) is 31.6 Å². The Hall–Kier alpha value is -1.54. The minimum Gasteiger partial charge on any atom is -0.392 e. The summed E-state index contributed by atoms with van der Waals surface area (Å²) in [6.07, 6.45) is 2.62. The van der Waals surface area contributed by atoms with E-state index in [0.29, 0.717) is 31.9 Å². The second kappa shape index (κ2) is 5.84. The van der Waals surface area contributed by atoms with E-state index in [1.165, 1.54) is 0 Å². The van der Waals surface area contributed by atoms with Crippen LogP contribution in [0.15, 0.2) is 6.33 Å². The maximum atomic E-state index is 12.6. The van der Waals surface area contributed by atoms with Crippen molar-refractivity contribution in [1.29, 1.82) is 0 Å². The Bertz CT molecular complexity index is 510. The molecule has 0 bridgehead atoms. The lowest BCUT2D eigenvalue weighted by Crippen LogP contribution is -2.52. The number of nitrogens with one attached hydrogen (secondary N) is 1. The van der Waals surface area contributed by atoms with Gasteiger partial charge in [-0.3, -0.25) is 4.79 Å². The van der Waals surface area contributed by atoms with Gasteiger partial charge in [0.15, 0.2) is 5.82 Å². The van der Waals surface area contributed by atoms with Crippen LogP contribution < -0.4 is 11.1 Å². The summed E-state index contributed by atoms with van der Waals surface area (Å²) in [4.78, 5) is 12.8. The monoisotopic (exact) mass is 297 g/mol. The maximum Gasteiger partial charge on any atom is 0.233 e. The molecule has 1 aromatic heterocycles. The number of aromatic nitrogens is 3. The van der Waals surface area contributed by atoms with Gasteiger partial charge >= 0.3 is 0 Å². The Labute approximate surface area is 122 Å². The van der Waals surface area contributed by atoms with E-state index < -0.39 is 5.41 Å². The molecule has 110 valence electrons. The highest BCUT2D eigenvalue weighted by Crippen LogP contribution is 2.32. The van der Waals surface area contributed by atoms with Gasteiger partial charge in [0.25, 0.3) is 0 Å². The second-order valence-corrected chi connectivity index (χ2v) is 5.49. The number of ether oxygens (including phenoxy) is 1. The van der Waals surface area contributed by atoms with Crippen molar-refractivity contribution in [3.05, 3.63) is 12.2 Å². The van der Waals surface area contributed by atoms with Gasteiger partial charge in [0.2, 0.25) is 5.91 Å². The summed E-state index contributed by atoms with van der Waals surface area (Å²) in [7, 11) is 1.83. The summed E-state index contributed by atoms with van der Waals surface area (Å²) in [5, 5.41) is 10.7. The largest absolute Gasteiger partial charge is 0.392 e. The van der Waals surface area contributed by atoms with Gasteiger partial charge in [-0.05, 0) is 19.8 Å². The van der Waals surface area contributed by atoms with Crippen molar-refractivity contribution >= 4 is 23.1 Å². The van der Waals surface area contributed by atoms with Crippen LogP contribution in [0.4, 0.5) is 0 Å². The van der Waals surface area contributed by atoms with Crippen LogP contribution in [0.25, 0.3) is 0 Å². The number of hydrogen-bond donors (Lipinski definition) is 2. The molecule has 1 amide bonds. The van der Waals surface area contributed by atoms with E-state index in [0.717, 1.165) is 0 Å². The van der Waals surface area contributed by atoms with E-state index >= 15 is 0 Å². The molecule has 1 unspecified atom stereocenters. The van der Waals surface area contributed by atoms with Crippen molar-refractivity contribution in [3.8, 4) is 0 Å². The summed E-state index contributed by atoms with van der Waals surface area (Å²) in [6.45, 7) is 2.83. The van der Waals surface area contributed by atoms with Gasteiger partial charge in [-0.25, -0.2) is 0 Å². The lowest BCUT2D eigenvalue weighted by atomic mass is 9.79. The Morgan fingerprint density at radius 2 is 2.25 bits per heavy atom. The van der Waals surface area contributed by atoms with E-state index in [9.17, 15) is 4.79 Å². The topological polar surface area (TPSA) is 95.1 Å². The first-order valence-corrected chi connectivity index (χ1v) is 6.91. The number of amides is 1. The fraction of sp³-hybridized carbons (Fsp3) is 0.667. The molecule has 3 N–H and O–H groups in total. The molecular weight excluding hydrogens is 278 g/mol. The highest BCUT2D eigenvalue weighted by Gasteiger charge is 2.43. The number of carbonyl (C=O) groups is 1. The van der Waals surface area contributed by atoms with Gasteiger partial charge in [0.1, 0.15) is 11.7 Å². The first-order valence-electron chi connectivity index (χ1n) is 6.50. The first-order chi connectivity index (χ1) is 9.47. The number of nitrogens with two attached hydrogens (primary N) is 1. The SMILES string of the molecule is CC(NC(=O)C1(C(N)=S)CCOCC1)c1nncn1C. The fourth-order valence-electron chi connectivity index (χ4n) is 2.39. The third-order valence-corrected chi connectivity index (χ3v) is 4.12. The molecule has 7 nitrogen and oxygen atoms in total. The maximum absolute atomic E-state index is 12.6. The zero-order valence-electron chi connectivity index (χ0n) is 11.6. The summed E-state index contributed by atoms with van der Waals surface area (Å²) in [5.74, 6) is 0.521. The number of rotatable bonds is 4. The van der Waals surface area contributed by atoms with Crippen molar-refractivity contribution in [2.45, 2.75) is 25.8 Å². The Kier molecular flexibility index (Phi) is 4.34. The van der Waals surface area contributed by atoms with Gasteiger partial charge in [0.05, 0.1) is 11.0 Å². The van der Waals surface area contributed by atoms with Crippen LogP contribution in [0.5, 0.6) is 0 Å². The second-order valence-electron chi connectivity index (χ2n) is 5.05. The average molecular weight is 297 g/mol. The van der Waals surface area contributed by atoms with Crippen molar-refractivity contribution in [2.24, 2.45) is 18.2 Å². The predicted octanol–water partition coefficient (Wildman–Crippen LogP) is 0.0752. The van der Waals surface area contributed by atoms with Crippen LogP contribution in [0.2, 0.25) is 0 Å². The van der Waals surface area contributed by atoms with Crippen LogP contribution in [0.3, 0.4) is 0 Å². The van der Waals surface area contributed by atoms with Crippen molar-refractivity contribution in [2.75, 3.05) is 13.2 Å². The summed E-state index contributed by atoms with van der Waals surface area (Å²) >= 11 is 5.11. The van der Waals surface area contributed by atoms with E-state index in [1.54, 1.807) is 10.9 Å². The molecule has 1 aliphatic rings. The zero-order valence-corrected chi connectivity index (χ0v) is 12.4. The predicted molar refractivity (Wildman–Crippen MR) is 76.8 cm³/mol. The molecule has 0 saturated carbocycles. The molecule has 0 aliphatic carbocycles. The molecule has 0 aromatic carbocycles. The van der Waals surface area contributed by atoms with E-state index in [-0.39, 0.29) is 16.9 Å². The van der Waals surface area contributed by atoms with Crippen LogP contribution in [0, 0.1) is 5.41 Å². The van der Waals surface area contributed by atoms with Crippen LogP contribution in [-0.4, -0.2) is 38.9 Å². The Morgan fingerprint density at radius 3 is 2.75 bits per heavy atom. The van der Waals surface area contributed by atoms with Gasteiger partial charge in [0, 0.05) is 20.3 Å². The molecule has 1 saturated heterocycles. The zero-order chi connectivity index (χ0) is 14.8. The number of aryl methyl sites for hydroxylation is 1. The third kappa shape index (κ3) is 2.66. The minimum absolute atomic E-state index is 0.163. The lowest BCUT2D eigenvalue weighted by Gasteiger charge is -2.35. The lowest BCUT2D eigenvalue weighted by molar-refractivity contribution is -0.132. The molecule has 2 rings (SSSR count). The fourth-order valence-corrected chi connectivity index (χ4v) is 2.69. The van der Waals surface area contributed by atoms with Crippen molar-refractivity contribution in [1.82, 2.24) is 20.1 Å². The van der Waals surface area contributed by atoms with Crippen LogP contribution in [-0.2, 0) is 16.6 Å². The molecule has 0 radical (unpaired) electrons. The van der Waals surface area contributed by atoms with E-state index in [1.807, 2.05) is 14.0 Å². The number of hydrogen-bond acceptors (Lipinski definition) is 5. The third-order valence-electron chi connectivity index (χ3n) is 3.73. The van der Waals surface area contributed by atoms with Gasteiger partial charge < -0.3 is 20.4 Å². The van der Waals surface area contributed by atoms with Crippen LogP contribution >= 0.6 is 12.2 Å². The molecule has 20 heavy (non-hydrogen) atoms. The average Bonchev–Trinajstić information content (AvgIpc) is 2.85. The number of carbonyl (C=O) groups excluding carboxylic acids is 1. The Morgan fingerprint density at radius 1 is 1.60 bits per heavy atom. The van der Waals surface area contributed by atoms with Crippen molar-refractivity contribution < 1.29 is 9.53 Å². The van der Waals surface area contributed by atoms with Crippen molar-refractivity contribution in [3.63, 3.8) is 0 Å². The molecule has 1 aliphatic heterocycles. The molecule has 2 heterocycles. The Balaban J connectivity index is 2.13. The molecule has 8 heteroatoms.